The van der Waals surface area contributed by atoms with Gasteiger partial charge in [-0.15, -0.1) is 11.3 Å². The molecule has 2 heterocycles. The summed E-state index contributed by atoms with van der Waals surface area (Å²) < 4.78 is 23.9. The minimum absolute atomic E-state index is 0.159. The molecule has 1 fully saturated rings. The first-order valence-electron chi connectivity index (χ1n) is 5.19. The number of hydrogen-bond acceptors (Lipinski definition) is 4. The molecule has 0 aliphatic carbocycles. The molecule has 1 aliphatic heterocycles. The maximum absolute atomic E-state index is 11.5. The van der Waals surface area contributed by atoms with E-state index in [1.54, 1.807) is 18.3 Å². The monoisotopic (exact) mass is 279 g/mol. The highest BCUT2D eigenvalue weighted by Gasteiger charge is 2.35. The maximum Gasteiger partial charge on any atom is 0.155 e. The van der Waals surface area contributed by atoms with E-state index in [-0.39, 0.29) is 11.0 Å². The first-order valence-corrected chi connectivity index (χ1v) is 8.10. The lowest BCUT2D eigenvalue weighted by atomic mass is 10.2. The van der Waals surface area contributed by atoms with E-state index in [0.29, 0.717) is 13.1 Å². The lowest BCUT2D eigenvalue weighted by Gasteiger charge is -2.38. The molecule has 0 aromatic carbocycles. The van der Waals surface area contributed by atoms with Crippen LogP contribution in [0.4, 0.5) is 0 Å². The van der Waals surface area contributed by atoms with Crippen molar-refractivity contribution < 1.29 is 8.42 Å². The zero-order chi connectivity index (χ0) is 11.8. The minimum Gasteiger partial charge on any atom is -0.296 e. The lowest BCUT2D eigenvalue weighted by molar-refractivity contribution is 0.177. The summed E-state index contributed by atoms with van der Waals surface area (Å²) in [5.41, 5.74) is 0. The number of thiophene rings is 1. The number of hydrogen-bond donors (Lipinski definition) is 0. The van der Waals surface area contributed by atoms with Crippen molar-refractivity contribution in [2.75, 3.05) is 18.8 Å². The van der Waals surface area contributed by atoms with Crippen LogP contribution < -0.4 is 0 Å². The summed E-state index contributed by atoms with van der Waals surface area (Å²) >= 11 is 7.39. The SMILES string of the molecule is CCS(=O)(=O)C1CN(Cc2ccc(Cl)s2)C1. The van der Waals surface area contributed by atoms with Gasteiger partial charge >= 0.3 is 0 Å². The molecule has 2 rings (SSSR count). The van der Waals surface area contributed by atoms with E-state index >= 15 is 0 Å². The van der Waals surface area contributed by atoms with E-state index in [9.17, 15) is 8.42 Å². The van der Waals surface area contributed by atoms with E-state index in [1.807, 2.05) is 12.1 Å². The van der Waals surface area contributed by atoms with Gasteiger partial charge < -0.3 is 0 Å². The van der Waals surface area contributed by atoms with Gasteiger partial charge in [0, 0.05) is 30.3 Å². The molecule has 16 heavy (non-hydrogen) atoms. The van der Waals surface area contributed by atoms with Gasteiger partial charge in [0.15, 0.2) is 9.84 Å². The fraction of sp³-hybridized carbons (Fsp3) is 0.600. The molecule has 1 aliphatic rings. The highest BCUT2D eigenvalue weighted by Crippen LogP contribution is 2.25. The number of nitrogens with zero attached hydrogens (tertiary/aromatic N) is 1. The van der Waals surface area contributed by atoms with Crippen molar-refractivity contribution in [3.8, 4) is 0 Å². The molecule has 0 N–H and O–H groups in total. The fourth-order valence-electron chi connectivity index (χ4n) is 1.77. The molecule has 0 spiro atoms. The topological polar surface area (TPSA) is 37.4 Å². The Bertz CT molecular complexity index is 463. The van der Waals surface area contributed by atoms with E-state index in [4.69, 9.17) is 11.6 Å². The molecular formula is C10H14ClNO2S2. The van der Waals surface area contributed by atoms with E-state index in [0.717, 1.165) is 10.9 Å². The zero-order valence-electron chi connectivity index (χ0n) is 9.02. The van der Waals surface area contributed by atoms with Gasteiger partial charge in [0.1, 0.15) is 0 Å². The summed E-state index contributed by atoms with van der Waals surface area (Å²) in [5.74, 6) is 0.246. The third-order valence-electron chi connectivity index (χ3n) is 2.84. The van der Waals surface area contributed by atoms with Crippen molar-refractivity contribution in [2.24, 2.45) is 0 Å². The van der Waals surface area contributed by atoms with Gasteiger partial charge in [0.2, 0.25) is 0 Å². The summed E-state index contributed by atoms with van der Waals surface area (Å²) in [5, 5.41) is -0.159. The Hall–Kier alpha value is -0.100. The Morgan fingerprint density at radius 2 is 2.19 bits per heavy atom. The van der Waals surface area contributed by atoms with Crippen LogP contribution >= 0.6 is 22.9 Å². The normalized spacial score (nSPS) is 18.6. The van der Waals surface area contributed by atoms with Gasteiger partial charge in [-0.25, -0.2) is 8.42 Å². The molecule has 0 amide bonds. The second kappa shape index (κ2) is 4.64. The van der Waals surface area contributed by atoms with Gasteiger partial charge in [-0.1, -0.05) is 18.5 Å². The molecule has 0 saturated carbocycles. The van der Waals surface area contributed by atoms with Crippen LogP contribution in [0.5, 0.6) is 0 Å². The Morgan fingerprint density at radius 1 is 1.50 bits per heavy atom. The van der Waals surface area contributed by atoms with Crippen LogP contribution in [0.25, 0.3) is 0 Å². The first kappa shape index (κ1) is 12.4. The van der Waals surface area contributed by atoms with Gasteiger partial charge in [0.25, 0.3) is 0 Å². The third-order valence-corrected chi connectivity index (χ3v) is 6.18. The molecule has 0 unspecified atom stereocenters. The van der Waals surface area contributed by atoms with Crippen LogP contribution in [0.3, 0.4) is 0 Å². The lowest BCUT2D eigenvalue weighted by Crippen LogP contribution is -2.54. The second-order valence-electron chi connectivity index (χ2n) is 3.97. The molecule has 1 aromatic heterocycles. The number of likely N-dealkylation sites (tertiary alicyclic amines) is 1. The summed E-state index contributed by atoms with van der Waals surface area (Å²) in [7, 11) is -2.85. The number of sulfone groups is 1. The molecular weight excluding hydrogens is 266 g/mol. The summed E-state index contributed by atoms with van der Waals surface area (Å²) in [6.45, 7) is 3.83. The fourth-order valence-corrected chi connectivity index (χ4v) is 4.25. The smallest absolute Gasteiger partial charge is 0.155 e. The van der Waals surface area contributed by atoms with E-state index in [2.05, 4.69) is 4.90 Å². The largest absolute Gasteiger partial charge is 0.296 e. The van der Waals surface area contributed by atoms with E-state index in [1.165, 1.54) is 4.88 Å². The predicted octanol–water partition coefficient (Wildman–Crippen LogP) is 2.02. The Labute approximate surface area is 105 Å². The van der Waals surface area contributed by atoms with Crippen molar-refractivity contribution in [3.63, 3.8) is 0 Å². The van der Waals surface area contributed by atoms with Gasteiger partial charge in [-0.05, 0) is 12.1 Å². The highest BCUT2D eigenvalue weighted by atomic mass is 35.5. The molecule has 6 heteroatoms. The summed E-state index contributed by atoms with van der Waals surface area (Å²) in [6, 6.07) is 3.87. The second-order valence-corrected chi connectivity index (χ2v) is 8.34. The maximum atomic E-state index is 11.5. The van der Waals surface area contributed by atoms with Gasteiger partial charge in [-0.2, -0.15) is 0 Å². The summed E-state index contributed by atoms with van der Waals surface area (Å²) in [6.07, 6.45) is 0. The first-order chi connectivity index (χ1) is 7.51. The Balaban J connectivity index is 1.86. The molecule has 0 atom stereocenters. The van der Waals surface area contributed by atoms with Crippen molar-refractivity contribution in [2.45, 2.75) is 18.7 Å². The number of halogens is 1. The molecule has 0 radical (unpaired) electrons. The average molecular weight is 280 g/mol. The van der Waals surface area contributed by atoms with Gasteiger partial charge in [0.05, 0.1) is 9.59 Å². The molecule has 0 bridgehead atoms. The van der Waals surface area contributed by atoms with Crippen LogP contribution in [-0.4, -0.2) is 37.4 Å². The standard InChI is InChI=1S/C10H14ClNO2S2/c1-2-16(13,14)9-6-12(7-9)5-8-3-4-10(11)15-8/h3-4,9H,2,5-7H2,1H3. The number of rotatable bonds is 4. The molecule has 1 aromatic rings. The molecule has 90 valence electrons. The minimum atomic E-state index is -2.85. The van der Waals surface area contributed by atoms with Crippen LogP contribution in [0.2, 0.25) is 4.34 Å². The van der Waals surface area contributed by atoms with Crippen molar-refractivity contribution in [1.29, 1.82) is 0 Å². The van der Waals surface area contributed by atoms with Crippen LogP contribution in [0.15, 0.2) is 12.1 Å². The predicted molar refractivity (Wildman–Crippen MR) is 67.9 cm³/mol. The van der Waals surface area contributed by atoms with Crippen molar-refractivity contribution in [3.05, 3.63) is 21.3 Å². The molecule has 3 nitrogen and oxygen atoms in total. The third kappa shape index (κ3) is 2.59. The van der Waals surface area contributed by atoms with Crippen molar-refractivity contribution >= 4 is 32.8 Å². The Kier molecular flexibility index (Phi) is 3.59. The van der Waals surface area contributed by atoms with Gasteiger partial charge in [-0.3, -0.25) is 4.90 Å². The quantitative estimate of drug-likeness (QED) is 0.846. The average Bonchev–Trinajstić information content (AvgIpc) is 2.57. The van der Waals surface area contributed by atoms with Crippen LogP contribution in [0.1, 0.15) is 11.8 Å². The summed E-state index contributed by atoms with van der Waals surface area (Å²) in [4.78, 5) is 3.33. The van der Waals surface area contributed by atoms with Crippen LogP contribution in [0, 0.1) is 0 Å². The van der Waals surface area contributed by atoms with E-state index < -0.39 is 9.84 Å². The zero-order valence-corrected chi connectivity index (χ0v) is 11.4. The Morgan fingerprint density at radius 3 is 2.69 bits per heavy atom. The van der Waals surface area contributed by atoms with Crippen molar-refractivity contribution in [1.82, 2.24) is 4.90 Å². The van der Waals surface area contributed by atoms with Crippen LogP contribution in [-0.2, 0) is 16.4 Å². The molecule has 1 saturated heterocycles. The highest BCUT2D eigenvalue weighted by molar-refractivity contribution is 7.92.